The van der Waals surface area contributed by atoms with Gasteiger partial charge >= 0.3 is 0 Å². The van der Waals surface area contributed by atoms with Gasteiger partial charge in [0.1, 0.15) is 5.82 Å². The number of piperidine rings is 1. The van der Waals surface area contributed by atoms with Gasteiger partial charge in [-0.25, -0.2) is 9.99 Å². The predicted octanol–water partition coefficient (Wildman–Crippen LogP) is 3.86. The molecule has 0 atom stereocenters. The summed E-state index contributed by atoms with van der Waals surface area (Å²) >= 11 is 0. The summed E-state index contributed by atoms with van der Waals surface area (Å²) < 4.78 is 0. The molecule has 0 unspecified atom stereocenters. The number of hydrogen-bond donors (Lipinski definition) is 2. The normalized spacial score (nSPS) is 16.9. The van der Waals surface area contributed by atoms with E-state index < -0.39 is 0 Å². The van der Waals surface area contributed by atoms with Gasteiger partial charge in [-0.1, -0.05) is 13.8 Å². The first-order valence-electron chi connectivity index (χ1n) is 9.05. The van der Waals surface area contributed by atoms with Crippen LogP contribution in [0, 0.1) is 12.3 Å². The van der Waals surface area contributed by atoms with E-state index in [2.05, 4.69) is 45.6 Å². The second-order valence-electron chi connectivity index (χ2n) is 7.73. The van der Waals surface area contributed by atoms with E-state index in [4.69, 9.17) is 0 Å². The molecular formula is C20H27N5O. The number of nitrogens with one attached hydrogen (secondary N) is 2. The fourth-order valence-electron chi connectivity index (χ4n) is 3.06. The van der Waals surface area contributed by atoms with Crippen molar-refractivity contribution in [3.05, 3.63) is 36.3 Å². The van der Waals surface area contributed by atoms with E-state index >= 15 is 0 Å². The Hall–Kier alpha value is -2.47. The minimum atomic E-state index is -0.132. The zero-order valence-electron chi connectivity index (χ0n) is 16.0. The molecular weight excluding hydrogens is 326 g/mol. The molecule has 3 rings (SSSR count). The van der Waals surface area contributed by atoms with Crippen LogP contribution in [0.15, 0.2) is 30.6 Å². The van der Waals surface area contributed by atoms with Crippen LogP contribution in [-0.2, 0) is 4.79 Å². The third kappa shape index (κ3) is 4.58. The fourth-order valence-corrected chi connectivity index (χ4v) is 3.06. The largest absolute Gasteiger partial charge is 0.317 e. The van der Waals surface area contributed by atoms with Crippen molar-refractivity contribution < 1.29 is 4.79 Å². The SMILES string of the molecule is CC(=O)Nc1cc(-c2cnc(C)c(NN3CCC(C)(C)CC3)c2)ccn1. The van der Waals surface area contributed by atoms with E-state index in [-0.39, 0.29) is 5.91 Å². The lowest BCUT2D eigenvalue weighted by molar-refractivity contribution is -0.114. The molecule has 2 aromatic heterocycles. The van der Waals surface area contributed by atoms with Crippen LogP contribution in [-0.4, -0.2) is 34.0 Å². The van der Waals surface area contributed by atoms with Gasteiger partial charge in [0.2, 0.25) is 5.91 Å². The number of nitrogens with zero attached hydrogens (tertiary/aromatic N) is 3. The topological polar surface area (TPSA) is 70.2 Å². The second-order valence-corrected chi connectivity index (χ2v) is 7.73. The van der Waals surface area contributed by atoms with Crippen molar-refractivity contribution in [2.75, 3.05) is 23.8 Å². The van der Waals surface area contributed by atoms with Gasteiger partial charge in [-0.05, 0) is 48.9 Å². The Morgan fingerprint density at radius 3 is 2.58 bits per heavy atom. The molecule has 0 saturated carbocycles. The molecule has 0 spiro atoms. The van der Waals surface area contributed by atoms with Crippen molar-refractivity contribution in [2.45, 2.75) is 40.5 Å². The minimum absolute atomic E-state index is 0.132. The van der Waals surface area contributed by atoms with E-state index in [0.29, 0.717) is 11.2 Å². The lowest BCUT2D eigenvalue weighted by Crippen LogP contribution is -2.40. The first-order valence-corrected chi connectivity index (χ1v) is 9.05. The zero-order valence-corrected chi connectivity index (χ0v) is 16.0. The fraction of sp³-hybridized carbons (Fsp3) is 0.450. The second kappa shape index (κ2) is 7.41. The molecule has 6 heteroatoms. The van der Waals surface area contributed by atoms with Crippen molar-refractivity contribution in [3.8, 4) is 11.1 Å². The van der Waals surface area contributed by atoms with Gasteiger partial charge in [0.15, 0.2) is 0 Å². The molecule has 1 aliphatic heterocycles. The Kier molecular flexibility index (Phi) is 5.23. The van der Waals surface area contributed by atoms with E-state index in [9.17, 15) is 4.79 Å². The highest BCUT2D eigenvalue weighted by Crippen LogP contribution is 2.31. The predicted molar refractivity (Wildman–Crippen MR) is 105 cm³/mol. The molecule has 0 aliphatic carbocycles. The third-order valence-electron chi connectivity index (χ3n) is 4.88. The lowest BCUT2D eigenvalue weighted by atomic mass is 9.83. The highest BCUT2D eigenvalue weighted by Gasteiger charge is 2.25. The summed E-state index contributed by atoms with van der Waals surface area (Å²) in [6.45, 7) is 10.2. The lowest BCUT2D eigenvalue weighted by Gasteiger charge is -2.37. The average Bonchev–Trinajstić information content (AvgIpc) is 2.58. The van der Waals surface area contributed by atoms with E-state index in [1.165, 1.54) is 19.8 Å². The number of hydrazine groups is 1. The van der Waals surface area contributed by atoms with Crippen molar-refractivity contribution >= 4 is 17.4 Å². The van der Waals surface area contributed by atoms with Crippen LogP contribution in [0.3, 0.4) is 0 Å². The molecule has 3 heterocycles. The summed E-state index contributed by atoms with van der Waals surface area (Å²) in [4.78, 5) is 20.0. The highest BCUT2D eigenvalue weighted by molar-refractivity contribution is 5.88. The summed E-state index contributed by atoms with van der Waals surface area (Å²) in [5.74, 6) is 0.412. The molecule has 1 saturated heterocycles. The first kappa shape index (κ1) is 18.3. The van der Waals surface area contributed by atoms with Gasteiger partial charge < -0.3 is 10.7 Å². The summed E-state index contributed by atoms with van der Waals surface area (Å²) in [5.41, 5.74) is 7.89. The molecule has 1 aliphatic rings. The van der Waals surface area contributed by atoms with Crippen LogP contribution >= 0.6 is 0 Å². The van der Waals surface area contributed by atoms with Crippen LogP contribution < -0.4 is 10.7 Å². The Morgan fingerprint density at radius 2 is 1.88 bits per heavy atom. The van der Waals surface area contributed by atoms with Crippen molar-refractivity contribution in [1.82, 2.24) is 15.0 Å². The molecule has 0 aromatic carbocycles. The molecule has 1 fully saturated rings. The Bertz CT molecular complexity index is 793. The number of hydrogen-bond acceptors (Lipinski definition) is 5. The number of aryl methyl sites for hydroxylation is 1. The molecule has 6 nitrogen and oxygen atoms in total. The van der Waals surface area contributed by atoms with E-state index in [0.717, 1.165) is 35.6 Å². The van der Waals surface area contributed by atoms with Gasteiger partial charge in [-0.15, -0.1) is 0 Å². The number of aromatic nitrogens is 2. The zero-order chi connectivity index (χ0) is 18.7. The van der Waals surface area contributed by atoms with Gasteiger partial charge in [-0.3, -0.25) is 9.78 Å². The van der Waals surface area contributed by atoms with Crippen LogP contribution in [0.5, 0.6) is 0 Å². The number of carbonyl (C=O) groups is 1. The smallest absolute Gasteiger partial charge is 0.222 e. The molecule has 0 bridgehead atoms. The van der Waals surface area contributed by atoms with Crippen LogP contribution in [0.25, 0.3) is 11.1 Å². The van der Waals surface area contributed by atoms with Crippen LogP contribution in [0.4, 0.5) is 11.5 Å². The van der Waals surface area contributed by atoms with E-state index in [1.807, 2.05) is 25.3 Å². The number of carbonyl (C=O) groups excluding carboxylic acids is 1. The highest BCUT2D eigenvalue weighted by atomic mass is 16.1. The van der Waals surface area contributed by atoms with Gasteiger partial charge in [-0.2, -0.15) is 0 Å². The number of pyridine rings is 2. The maximum Gasteiger partial charge on any atom is 0.222 e. The van der Waals surface area contributed by atoms with Crippen molar-refractivity contribution in [3.63, 3.8) is 0 Å². The number of amides is 1. The van der Waals surface area contributed by atoms with Gasteiger partial charge in [0.05, 0.1) is 11.4 Å². The molecule has 2 aromatic rings. The van der Waals surface area contributed by atoms with Crippen molar-refractivity contribution in [2.24, 2.45) is 5.41 Å². The van der Waals surface area contributed by atoms with Crippen molar-refractivity contribution in [1.29, 1.82) is 0 Å². The summed E-state index contributed by atoms with van der Waals surface area (Å²) in [5, 5.41) is 4.99. The third-order valence-corrected chi connectivity index (χ3v) is 4.88. The van der Waals surface area contributed by atoms with Gasteiger partial charge in [0, 0.05) is 38.0 Å². The molecule has 0 radical (unpaired) electrons. The monoisotopic (exact) mass is 353 g/mol. The number of rotatable bonds is 4. The average molecular weight is 353 g/mol. The maximum absolute atomic E-state index is 11.2. The minimum Gasteiger partial charge on any atom is -0.317 e. The molecule has 1 amide bonds. The summed E-state index contributed by atoms with van der Waals surface area (Å²) in [7, 11) is 0. The maximum atomic E-state index is 11.2. The van der Waals surface area contributed by atoms with E-state index in [1.54, 1.807) is 6.20 Å². The Balaban J connectivity index is 1.79. The first-order chi connectivity index (χ1) is 12.3. The molecule has 2 N–H and O–H groups in total. The number of anilines is 2. The molecule has 26 heavy (non-hydrogen) atoms. The molecule has 138 valence electrons. The summed E-state index contributed by atoms with van der Waals surface area (Å²) in [6, 6.07) is 5.89. The Labute approximate surface area is 155 Å². The Morgan fingerprint density at radius 1 is 1.15 bits per heavy atom. The van der Waals surface area contributed by atoms with Gasteiger partial charge in [0.25, 0.3) is 0 Å². The quantitative estimate of drug-likeness (QED) is 0.873. The summed E-state index contributed by atoms with van der Waals surface area (Å²) in [6.07, 6.45) is 5.90. The van der Waals surface area contributed by atoms with Crippen LogP contribution in [0.2, 0.25) is 0 Å². The standard InChI is InChI=1S/C20H27N5O/c1-14-18(24-25-9-6-20(3,4)7-10-25)11-17(13-22-14)16-5-8-21-19(12-16)23-15(2)26/h5,8,11-13,24H,6-7,9-10H2,1-4H3,(H,21,23,26). The van der Waals surface area contributed by atoms with Crippen LogP contribution in [0.1, 0.15) is 39.3 Å².